The van der Waals surface area contributed by atoms with Crippen LogP contribution < -0.4 is 0 Å². The molecule has 0 spiro atoms. The molecule has 0 N–H and O–H groups in total. The Morgan fingerprint density at radius 3 is 2.23 bits per heavy atom. The second-order valence-electron chi connectivity index (χ2n) is 6.28. The Balaban J connectivity index is 1.53. The molecule has 0 unspecified atom stereocenters. The van der Waals surface area contributed by atoms with E-state index in [1.54, 1.807) is 4.90 Å². The van der Waals surface area contributed by atoms with Crippen molar-refractivity contribution < 1.29 is 18.4 Å². The summed E-state index contributed by atoms with van der Waals surface area (Å²) in [5, 5.41) is 0. The first-order valence-corrected chi connectivity index (χ1v) is 8.60. The molecule has 2 aromatic rings. The Hall–Kier alpha value is -2.76. The molecule has 4 nitrogen and oxygen atoms in total. The molecular formula is C20H20F2N2O2. The zero-order chi connectivity index (χ0) is 18.5. The van der Waals surface area contributed by atoms with Gasteiger partial charge < -0.3 is 9.80 Å². The van der Waals surface area contributed by atoms with Crippen molar-refractivity contribution in [2.75, 3.05) is 26.2 Å². The molecular weight excluding hydrogens is 338 g/mol. The fourth-order valence-electron chi connectivity index (χ4n) is 3.04. The molecule has 2 amide bonds. The molecule has 2 aromatic carbocycles. The zero-order valence-corrected chi connectivity index (χ0v) is 14.3. The standard InChI is InChI=1S/C20H20F2N2O2/c21-16-7-8-18(22)17(14-16)20(26)24-12-10-23(11-13-24)19(25)9-6-15-4-2-1-3-5-15/h1-5,7-8,14H,6,9-13H2. The number of nitrogens with zero attached hydrogens (tertiary/aromatic N) is 2. The summed E-state index contributed by atoms with van der Waals surface area (Å²) in [6, 6.07) is 12.6. The second kappa shape index (κ2) is 8.08. The molecule has 1 aliphatic rings. The van der Waals surface area contributed by atoms with Gasteiger partial charge in [-0.3, -0.25) is 9.59 Å². The van der Waals surface area contributed by atoms with Crippen LogP contribution in [0.4, 0.5) is 8.78 Å². The van der Waals surface area contributed by atoms with E-state index in [0.29, 0.717) is 39.0 Å². The van der Waals surface area contributed by atoms with Crippen molar-refractivity contribution in [2.45, 2.75) is 12.8 Å². The maximum Gasteiger partial charge on any atom is 0.257 e. The van der Waals surface area contributed by atoms with Crippen molar-refractivity contribution in [3.63, 3.8) is 0 Å². The van der Waals surface area contributed by atoms with Crippen LogP contribution in [0.25, 0.3) is 0 Å². The highest BCUT2D eigenvalue weighted by atomic mass is 19.1. The Morgan fingerprint density at radius 2 is 1.54 bits per heavy atom. The maximum absolute atomic E-state index is 13.8. The minimum Gasteiger partial charge on any atom is -0.339 e. The van der Waals surface area contributed by atoms with Gasteiger partial charge in [0.15, 0.2) is 0 Å². The summed E-state index contributed by atoms with van der Waals surface area (Å²) < 4.78 is 27.0. The molecule has 136 valence electrons. The lowest BCUT2D eigenvalue weighted by Crippen LogP contribution is -2.50. The van der Waals surface area contributed by atoms with E-state index >= 15 is 0 Å². The number of piperazine rings is 1. The molecule has 6 heteroatoms. The third kappa shape index (κ3) is 4.25. The summed E-state index contributed by atoms with van der Waals surface area (Å²) in [4.78, 5) is 27.9. The van der Waals surface area contributed by atoms with E-state index in [-0.39, 0.29) is 11.5 Å². The quantitative estimate of drug-likeness (QED) is 0.843. The highest BCUT2D eigenvalue weighted by Gasteiger charge is 2.26. The number of carbonyl (C=O) groups excluding carboxylic acids is 2. The first kappa shape index (κ1) is 18.0. The number of hydrogen-bond acceptors (Lipinski definition) is 2. The van der Waals surface area contributed by atoms with E-state index in [2.05, 4.69) is 0 Å². The van der Waals surface area contributed by atoms with Gasteiger partial charge in [-0.05, 0) is 30.2 Å². The molecule has 0 bridgehead atoms. The van der Waals surface area contributed by atoms with Crippen LogP contribution in [0.1, 0.15) is 22.3 Å². The van der Waals surface area contributed by atoms with Crippen molar-refractivity contribution in [3.05, 3.63) is 71.3 Å². The largest absolute Gasteiger partial charge is 0.339 e. The Kier molecular flexibility index (Phi) is 5.61. The van der Waals surface area contributed by atoms with Gasteiger partial charge >= 0.3 is 0 Å². The normalized spacial score (nSPS) is 14.4. The topological polar surface area (TPSA) is 40.6 Å². The predicted octanol–water partition coefficient (Wildman–Crippen LogP) is 2.88. The average Bonchev–Trinajstić information content (AvgIpc) is 2.68. The van der Waals surface area contributed by atoms with E-state index in [4.69, 9.17) is 0 Å². The van der Waals surface area contributed by atoms with Gasteiger partial charge in [0.25, 0.3) is 5.91 Å². The maximum atomic E-state index is 13.8. The average molecular weight is 358 g/mol. The monoisotopic (exact) mass is 358 g/mol. The summed E-state index contributed by atoms with van der Waals surface area (Å²) >= 11 is 0. The Morgan fingerprint density at radius 1 is 0.885 bits per heavy atom. The Labute approximate surface area is 151 Å². The van der Waals surface area contributed by atoms with Crippen LogP contribution in [-0.2, 0) is 11.2 Å². The van der Waals surface area contributed by atoms with Crippen LogP contribution >= 0.6 is 0 Å². The molecule has 0 saturated carbocycles. The first-order valence-electron chi connectivity index (χ1n) is 8.60. The molecule has 3 rings (SSSR count). The molecule has 0 aromatic heterocycles. The van der Waals surface area contributed by atoms with Crippen LogP contribution in [0.2, 0.25) is 0 Å². The van der Waals surface area contributed by atoms with Crippen LogP contribution in [0, 0.1) is 11.6 Å². The van der Waals surface area contributed by atoms with E-state index in [0.717, 1.165) is 23.8 Å². The van der Waals surface area contributed by atoms with Gasteiger partial charge in [-0.2, -0.15) is 0 Å². The van der Waals surface area contributed by atoms with E-state index in [1.807, 2.05) is 30.3 Å². The van der Waals surface area contributed by atoms with Gasteiger partial charge in [0.2, 0.25) is 5.91 Å². The van der Waals surface area contributed by atoms with E-state index in [1.165, 1.54) is 4.90 Å². The number of amides is 2. The van der Waals surface area contributed by atoms with Crippen LogP contribution in [0.3, 0.4) is 0 Å². The van der Waals surface area contributed by atoms with Gasteiger partial charge in [0.1, 0.15) is 11.6 Å². The fraction of sp³-hybridized carbons (Fsp3) is 0.300. The highest BCUT2D eigenvalue weighted by Crippen LogP contribution is 2.15. The van der Waals surface area contributed by atoms with Crippen LogP contribution in [-0.4, -0.2) is 47.8 Å². The summed E-state index contributed by atoms with van der Waals surface area (Å²) in [7, 11) is 0. The van der Waals surface area contributed by atoms with Gasteiger partial charge in [0, 0.05) is 32.6 Å². The summed E-state index contributed by atoms with van der Waals surface area (Å²) in [5.41, 5.74) is 0.838. The SMILES string of the molecule is O=C(CCc1ccccc1)N1CCN(C(=O)c2cc(F)ccc2F)CC1. The fourth-order valence-corrected chi connectivity index (χ4v) is 3.04. The molecule has 1 heterocycles. The molecule has 26 heavy (non-hydrogen) atoms. The molecule has 1 saturated heterocycles. The molecule has 0 aliphatic carbocycles. The van der Waals surface area contributed by atoms with Gasteiger partial charge in [-0.1, -0.05) is 30.3 Å². The molecule has 1 fully saturated rings. The summed E-state index contributed by atoms with van der Waals surface area (Å²) in [6.07, 6.45) is 1.09. The first-order chi connectivity index (χ1) is 12.5. The Bertz CT molecular complexity index is 788. The number of hydrogen-bond donors (Lipinski definition) is 0. The van der Waals surface area contributed by atoms with Gasteiger partial charge in [-0.15, -0.1) is 0 Å². The zero-order valence-electron chi connectivity index (χ0n) is 14.3. The minimum absolute atomic E-state index is 0.0397. The third-order valence-electron chi connectivity index (χ3n) is 4.55. The smallest absolute Gasteiger partial charge is 0.257 e. The number of benzene rings is 2. The molecule has 1 aliphatic heterocycles. The van der Waals surface area contributed by atoms with Crippen molar-refractivity contribution in [3.8, 4) is 0 Å². The van der Waals surface area contributed by atoms with E-state index < -0.39 is 17.5 Å². The number of carbonyl (C=O) groups is 2. The molecule has 0 atom stereocenters. The number of halogens is 2. The lowest BCUT2D eigenvalue weighted by molar-refractivity contribution is -0.132. The third-order valence-corrected chi connectivity index (χ3v) is 4.55. The lowest BCUT2D eigenvalue weighted by Gasteiger charge is -2.35. The summed E-state index contributed by atoms with van der Waals surface area (Å²) in [5.74, 6) is -1.89. The summed E-state index contributed by atoms with van der Waals surface area (Å²) in [6.45, 7) is 1.42. The minimum atomic E-state index is -0.738. The van der Waals surface area contributed by atoms with Crippen molar-refractivity contribution in [1.29, 1.82) is 0 Å². The molecule has 0 radical (unpaired) electrons. The highest BCUT2D eigenvalue weighted by molar-refractivity contribution is 5.94. The van der Waals surface area contributed by atoms with Crippen molar-refractivity contribution in [1.82, 2.24) is 9.80 Å². The lowest BCUT2D eigenvalue weighted by atomic mass is 10.1. The van der Waals surface area contributed by atoms with Crippen molar-refractivity contribution in [2.24, 2.45) is 0 Å². The predicted molar refractivity (Wildman–Crippen MR) is 93.6 cm³/mol. The van der Waals surface area contributed by atoms with Gasteiger partial charge in [0.05, 0.1) is 5.56 Å². The van der Waals surface area contributed by atoms with Gasteiger partial charge in [-0.25, -0.2) is 8.78 Å². The van der Waals surface area contributed by atoms with Crippen LogP contribution in [0.15, 0.2) is 48.5 Å². The number of rotatable bonds is 4. The number of aryl methyl sites for hydroxylation is 1. The second-order valence-corrected chi connectivity index (χ2v) is 6.28. The van der Waals surface area contributed by atoms with E-state index in [9.17, 15) is 18.4 Å². The van der Waals surface area contributed by atoms with Crippen molar-refractivity contribution >= 4 is 11.8 Å². The van der Waals surface area contributed by atoms with Crippen LogP contribution in [0.5, 0.6) is 0 Å².